The van der Waals surface area contributed by atoms with Gasteiger partial charge in [-0.2, -0.15) is 0 Å². The van der Waals surface area contributed by atoms with Gasteiger partial charge in [-0.15, -0.1) is 0 Å². The van der Waals surface area contributed by atoms with Crippen molar-refractivity contribution < 1.29 is 8.78 Å². The van der Waals surface area contributed by atoms with E-state index < -0.39 is 11.6 Å². The van der Waals surface area contributed by atoms with E-state index in [1.165, 1.54) is 11.6 Å². The molecule has 0 spiro atoms. The number of anilines is 2. The van der Waals surface area contributed by atoms with Crippen LogP contribution in [0, 0.1) is 23.5 Å². The van der Waals surface area contributed by atoms with E-state index in [0.717, 1.165) is 25.7 Å². The number of rotatable bonds is 4. The van der Waals surface area contributed by atoms with Crippen molar-refractivity contribution in [1.29, 1.82) is 0 Å². The van der Waals surface area contributed by atoms with Crippen LogP contribution in [0.4, 0.5) is 20.2 Å². The first-order valence-electron chi connectivity index (χ1n) is 8.72. The Hall–Kier alpha value is -2.14. The fraction of sp³-hybridized carbons (Fsp3) is 0.400. The summed E-state index contributed by atoms with van der Waals surface area (Å²) in [5, 5.41) is 3.18. The monoisotopic (exact) mass is 345 g/mol. The lowest BCUT2D eigenvalue weighted by Gasteiger charge is -2.42. The molecule has 2 atom stereocenters. The minimum absolute atomic E-state index is 0.0469. The van der Waals surface area contributed by atoms with Gasteiger partial charge < -0.3 is 11.1 Å². The average Bonchev–Trinajstić information content (AvgIpc) is 2.58. The highest BCUT2D eigenvalue weighted by Gasteiger charge is 2.33. The number of nitrogens with zero attached hydrogens (tertiary/aromatic N) is 1. The van der Waals surface area contributed by atoms with Crippen LogP contribution in [0.25, 0.3) is 0 Å². The molecule has 3 rings (SSSR count). The maximum absolute atomic E-state index is 14.1. The number of nitrogen functional groups attached to an aromatic ring is 1. The summed E-state index contributed by atoms with van der Waals surface area (Å²) in [7, 11) is 0. The molecule has 0 radical (unpaired) electrons. The molecule has 1 saturated heterocycles. The third-order valence-electron chi connectivity index (χ3n) is 5.01. The summed E-state index contributed by atoms with van der Waals surface area (Å²) < 4.78 is 27.6. The van der Waals surface area contributed by atoms with Gasteiger partial charge in [0, 0.05) is 25.7 Å². The largest absolute Gasteiger partial charge is 0.397 e. The summed E-state index contributed by atoms with van der Waals surface area (Å²) in [6.07, 6.45) is 0. The predicted molar refractivity (Wildman–Crippen MR) is 98.2 cm³/mol. The van der Waals surface area contributed by atoms with Crippen LogP contribution in [0.3, 0.4) is 0 Å². The third kappa shape index (κ3) is 3.93. The highest BCUT2D eigenvalue weighted by molar-refractivity contribution is 5.67. The van der Waals surface area contributed by atoms with Crippen molar-refractivity contribution in [3.63, 3.8) is 0 Å². The maximum atomic E-state index is 14.1. The number of piperidine rings is 1. The van der Waals surface area contributed by atoms with Crippen LogP contribution in [-0.4, -0.2) is 24.0 Å². The number of nitrogens with two attached hydrogens (primary N) is 1. The van der Waals surface area contributed by atoms with Crippen LogP contribution in [0.15, 0.2) is 42.5 Å². The Balaban J connectivity index is 1.70. The number of likely N-dealkylation sites (tertiary alicyclic amines) is 1. The van der Waals surface area contributed by atoms with Crippen LogP contribution in [0.1, 0.15) is 19.4 Å². The number of benzene rings is 2. The molecule has 1 aliphatic heterocycles. The number of hydrogen-bond donors (Lipinski definition) is 2. The molecule has 2 unspecified atom stereocenters. The standard InChI is InChI=1S/C20H25F2N3/c1-13-10-25(12-15-6-4-3-5-7-15)11-14(2)19(13)24-20-17(23)9-8-16(21)18(20)22/h3-9,13-14,19,24H,10-12,23H2,1-2H3. The molecular formula is C20H25F2N3. The molecule has 3 nitrogen and oxygen atoms in total. The van der Waals surface area contributed by atoms with E-state index in [2.05, 4.69) is 36.2 Å². The quantitative estimate of drug-likeness (QED) is 0.819. The van der Waals surface area contributed by atoms with Gasteiger partial charge >= 0.3 is 0 Å². The molecule has 1 heterocycles. The second-order valence-electron chi connectivity index (χ2n) is 7.13. The van der Waals surface area contributed by atoms with Crippen LogP contribution >= 0.6 is 0 Å². The lowest BCUT2D eigenvalue weighted by molar-refractivity contribution is 0.120. The van der Waals surface area contributed by atoms with Crippen molar-refractivity contribution in [2.45, 2.75) is 26.4 Å². The third-order valence-corrected chi connectivity index (χ3v) is 5.01. The highest BCUT2D eigenvalue weighted by atomic mass is 19.2. The van der Waals surface area contributed by atoms with Gasteiger partial charge in [0.1, 0.15) is 0 Å². The summed E-state index contributed by atoms with van der Waals surface area (Å²) in [6, 6.07) is 12.9. The zero-order valence-electron chi connectivity index (χ0n) is 14.7. The first-order chi connectivity index (χ1) is 12.0. The first-order valence-corrected chi connectivity index (χ1v) is 8.72. The van der Waals surface area contributed by atoms with Gasteiger partial charge in [-0.1, -0.05) is 44.2 Å². The topological polar surface area (TPSA) is 41.3 Å². The van der Waals surface area contributed by atoms with E-state index in [0.29, 0.717) is 0 Å². The van der Waals surface area contributed by atoms with E-state index in [-0.39, 0.29) is 29.3 Å². The van der Waals surface area contributed by atoms with E-state index >= 15 is 0 Å². The molecule has 1 aliphatic rings. The van der Waals surface area contributed by atoms with Crippen molar-refractivity contribution in [1.82, 2.24) is 4.90 Å². The first kappa shape index (κ1) is 17.7. The van der Waals surface area contributed by atoms with Crippen molar-refractivity contribution in [2.75, 3.05) is 24.1 Å². The zero-order valence-corrected chi connectivity index (χ0v) is 14.7. The minimum Gasteiger partial charge on any atom is -0.397 e. The zero-order chi connectivity index (χ0) is 18.0. The average molecular weight is 345 g/mol. The van der Waals surface area contributed by atoms with Gasteiger partial charge in [-0.05, 0) is 29.5 Å². The number of nitrogens with one attached hydrogen (secondary N) is 1. The summed E-state index contributed by atoms with van der Waals surface area (Å²) >= 11 is 0. The van der Waals surface area contributed by atoms with Crippen molar-refractivity contribution in [3.05, 3.63) is 59.7 Å². The Morgan fingerprint density at radius 2 is 1.68 bits per heavy atom. The molecule has 0 aliphatic carbocycles. The second kappa shape index (κ2) is 7.40. The molecule has 25 heavy (non-hydrogen) atoms. The Morgan fingerprint density at radius 3 is 2.32 bits per heavy atom. The van der Waals surface area contributed by atoms with Crippen LogP contribution in [-0.2, 0) is 6.54 Å². The molecule has 5 heteroatoms. The maximum Gasteiger partial charge on any atom is 0.183 e. The molecule has 2 aromatic rings. The molecule has 2 aromatic carbocycles. The molecule has 1 fully saturated rings. The Bertz CT molecular complexity index is 708. The van der Waals surface area contributed by atoms with Crippen molar-refractivity contribution >= 4 is 11.4 Å². The summed E-state index contributed by atoms with van der Waals surface area (Å²) in [4.78, 5) is 2.41. The van der Waals surface area contributed by atoms with Gasteiger partial charge in [0.25, 0.3) is 0 Å². The SMILES string of the molecule is CC1CN(Cc2ccccc2)CC(C)C1Nc1c(N)ccc(F)c1F. The van der Waals surface area contributed by atoms with E-state index in [1.807, 2.05) is 18.2 Å². The van der Waals surface area contributed by atoms with E-state index in [1.54, 1.807) is 0 Å². The second-order valence-corrected chi connectivity index (χ2v) is 7.13. The van der Waals surface area contributed by atoms with Crippen molar-refractivity contribution in [2.24, 2.45) is 11.8 Å². The smallest absolute Gasteiger partial charge is 0.183 e. The minimum atomic E-state index is -0.897. The predicted octanol–water partition coefficient (Wildman–Crippen LogP) is 4.12. The molecule has 0 amide bonds. The van der Waals surface area contributed by atoms with Gasteiger partial charge in [0.05, 0.1) is 11.4 Å². The molecule has 3 N–H and O–H groups in total. The van der Waals surface area contributed by atoms with Gasteiger partial charge in [-0.3, -0.25) is 4.90 Å². The molecule has 0 bridgehead atoms. The fourth-order valence-corrected chi connectivity index (χ4v) is 3.81. The summed E-state index contributed by atoms with van der Waals surface area (Å²) in [6.45, 7) is 6.97. The summed E-state index contributed by atoms with van der Waals surface area (Å²) in [5.41, 5.74) is 7.46. The van der Waals surface area contributed by atoms with Crippen LogP contribution in [0.2, 0.25) is 0 Å². The number of halogens is 2. The molecule has 0 saturated carbocycles. The fourth-order valence-electron chi connectivity index (χ4n) is 3.81. The normalized spacial score (nSPS) is 24.2. The Kier molecular flexibility index (Phi) is 5.23. The van der Waals surface area contributed by atoms with Gasteiger partial charge in [0.15, 0.2) is 11.6 Å². The molecule has 0 aromatic heterocycles. The van der Waals surface area contributed by atoms with Crippen LogP contribution < -0.4 is 11.1 Å². The highest BCUT2D eigenvalue weighted by Crippen LogP contribution is 2.31. The van der Waals surface area contributed by atoms with Gasteiger partial charge in [0.2, 0.25) is 0 Å². The van der Waals surface area contributed by atoms with E-state index in [4.69, 9.17) is 5.73 Å². The summed E-state index contributed by atoms with van der Waals surface area (Å²) in [5.74, 6) is -1.20. The van der Waals surface area contributed by atoms with Crippen LogP contribution in [0.5, 0.6) is 0 Å². The molecular weight excluding hydrogens is 320 g/mol. The lowest BCUT2D eigenvalue weighted by Crippen LogP contribution is -2.50. The number of hydrogen-bond acceptors (Lipinski definition) is 3. The van der Waals surface area contributed by atoms with E-state index in [9.17, 15) is 8.78 Å². The Morgan fingerprint density at radius 1 is 1.04 bits per heavy atom. The lowest BCUT2D eigenvalue weighted by atomic mass is 9.85. The molecule has 134 valence electrons. The van der Waals surface area contributed by atoms with Crippen molar-refractivity contribution in [3.8, 4) is 0 Å². The Labute approximate surface area is 147 Å². The van der Waals surface area contributed by atoms with Gasteiger partial charge in [-0.25, -0.2) is 8.78 Å².